The van der Waals surface area contributed by atoms with Gasteiger partial charge in [0.2, 0.25) is 5.91 Å². The van der Waals surface area contributed by atoms with Crippen LogP contribution in [0.4, 0.5) is 10.8 Å². The van der Waals surface area contributed by atoms with Crippen LogP contribution in [0.2, 0.25) is 0 Å². The van der Waals surface area contributed by atoms with Crippen molar-refractivity contribution in [3.63, 3.8) is 0 Å². The topological polar surface area (TPSA) is 63.9 Å². The van der Waals surface area contributed by atoms with Crippen LogP contribution in [0.3, 0.4) is 0 Å². The van der Waals surface area contributed by atoms with Gasteiger partial charge in [-0.15, -0.1) is 28.1 Å². The molecule has 0 aliphatic carbocycles. The molecule has 0 aliphatic rings. The summed E-state index contributed by atoms with van der Waals surface area (Å²) in [5.41, 5.74) is 6.17. The highest BCUT2D eigenvalue weighted by Gasteiger charge is 2.20. The Balaban J connectivity index is 1.56. The van der Waals surface area contributed by atoms with Crippen LogP contribution in [0.25, 0.3) is 11.4 Å². The first-order chi connectivity index (χ1) is 16.4. The van der Waals surface area contributed by atoms with Crippen molar-refractivity contribution < 1.29 is 4.79 Å². The number of carbonyl (C=O) groups excluding carboxylic acids is 1. The lowest BCUT2D eigenvalue weighted by Crippen LogP contribution is -2.23. The molecule has 174 valence electrons. The third-order valence-corrected chi connectivity index (χ3v) is 7.17. The molecule has 0 saturated carbocycles. The standard InChI is InChI=1S/C26H27N5OS2/c1-6-12-30-24(21-9-7-8-17(2)14-21)28-29-26(30)34-16-22-15-33-25(27-22)31(20(5)32)23-11-10-18(3)13-19(23)4/h6-11,13-15H,1,12,16H2,2-5H3. The summed E-state index contributed by atoms with van der Waals surface area (Å²) in [4.78, 5) is 19.0. The van der Waals surface area contributed by atoms with E-state index < -0.39 is 0 Å². The van der Waals surface area contributed by atoms with Crippen molar-refractivity contribution in [2.75, 3.05) is 4.90 Å². The predicted molar refractivity (Wildman–Crippen MR) is 141 cm³/mol. The molecule has 0 fully saturated rings. The van der Waals surface area contributed by atoms with E-state index in [0.717, 1.165) is 39.1 Å². The van der Waals surface area contributed by atoms with Crippen LogP contribution >= 0.6 is 23.1 Å². The van der Waals surface area contributed by atoms with Crippen LogP contribution in [0, 0.1) is 20.8 Å². The van der Waals surface area contributed by atoms with Gasteiger partial charge in [-0.1, -0.05) is 59.3 Å². The van der Waals surface area contributed by atoms with Crippen molar-refractivity contribution in [1.82, 2.24) is 19.7 Å². The number of allylic oxidation sites excluding steroid dienone is 1. The van der Waals surface area contributed by atoms with Gasteiger partial charge in [0.05, 0.1) is 11.4 Å². The molecule has 0 N–H and O–H groups in total. The molecule has 6 nitrogen and oxygen atoms in total. The molecule has 0 unspecified atom stereocenters. The Bertz CT molecular complexity index is 1340. The van der Waals surface area contributed by atoms with E-state index in [4.69, 9.17) is 4.98 Å². The van der Waals surface area contributed by atoms with Crippen LogP contribution in [-0.4, -0.2) is 25.7 Å². The molecule has 8 heteroatoms. The van der Waals surface area contributed by atoms with E-state index in [-0.39, 0.29) is 5.91 Å². The Morgan fingerprint density at radius 3 is 2.65 bits per heavy atom. The van der Waals surface area contributed by atoms with Gasteiger partial charge in [-0.25, -0.2) is 4.98 Å². The van der Waals surface area contributed by atoms with Gasteiger partial charge in [0.1, 0.15) is 0 Å². The fraction of sp³-hybridized carbons (Fsp3) is 0.231. The van der Waals surface area contributed by atoms with Crippen LogP contribution in [0.1, 0.15) is 29.3 Å². The zero-order valence-electron chi connectivity index (χ0n) is 19.8. The average Bonchev–Trinajstić information content (AvgIpc) is 3.41. The number of aryl methyl sites for hydroxylation is 3. The molecular weight excluding hydrogens is 462 g/mol. The Kier molecular flexibility index (Phi) is 7.29. The molecule has 2 heterocycles. The van der Waals surface area contributed by atoms with Crippen molar-refractivity contribution in [2.24, 2.45) is 0 Å². The van der Waals surface area contributed by atoms with Crippen LogP contribution in [0.5, 0.6) is 0 Å². The second-order valence-corrected chi connectivity index (χ2v) is 9.91. The van der Waals surface area contributed by atoms with Gasteiger partial charge >= 0.3 is 0 Å². The molecule has 0 saturated heterocycles. The van der Waals surface area contributed by atoms with Crippen molar-refractivity contribution >= 4 is 39.8 Å². The van der Waals surface area contributed by atoms with Gasteiger partial charge in [0.15, 0.2) is 16.1 Å². The first kappa shape index (κ1) is 23.9. The highest BCUT2D eigenvalue weighted by molar-refractivity contribution is 7.98. The van der Waals surface area contributed by atoms with Gasteiger partial charge in [0.25, 0.3) is 0 Å². The van der Waals surface area contributed by atoms with Crippen molar-refractivity contribution in [3.05, 3.63) is 82.9 Å². The lowest BCUT2D eigenvalue weighted by atomic mass is 10.1. The van der Waals surface area contributed by atoms with E-state index in [2.05, 4.69) is 46.5 Å². The van der Waals surface area contributed by atoms with E-state index in [1.165, 1.54) is 16.9 Å². The Morgan fingerprint density at radius 1 is 1.15 bits per heavy atom. The fourth-order valence-electron chi connectivity index (χ4n) is 3.75. The van der Waals surface area contributed by atoms with Gasteiger partial charge in [0, 0.05) is 30.2 Å². The summed E-state index contributed by atoms with van der Waals surface area (Å²) in [6.45, 7) is 12.2. The summed E-state index contributed by atoms with van der Waals surface area (Å²) in [6.07, 6.45) is 1.85. The number of thiazole rings is 1. The fourth-order valence-corrected chi connectivity index (χ4v) is 5.58. The summed E-state index contributed by atoms with van der Waals surface area (Å²) in [5, 5.41) is 12.4. The summed E-state index contributed by atoms with van der Waals surface area (Å²) >= 11 is 3.05. The first-order valence-electron chi connectivity index (χ1n) is 10.9. The summed E-state index contributed by atoms with van der Waals surface area (Å²) < 4.78 is 2.07. The minimum Gasteiger partial charge on any atom is -0.298 e. The third kappa shape index (κ3) is 5.13. The predicted octanol–water partition coefficient (Wildman–Crippen LogP) is 6.49. The minimum absolute atomic E-state index is 0.0611. The molecule has 4 rings (SSSR count). The molecule has 2 aromatic heterocycles. The summed E-state index contributed by atoms with van der Waals surface area (Å²) in [7, 11) is 0. The van der Waals surface area contributed by atoms with Crippen molar-refractivity contribution in [1.29, 1.82) is 0 Å². The van der Waals surface area contributed by atoms with E-state index >= 15 is 0 Å². The molecular formula is C26H27N5OS2. The summed E-state index contributed by atoms with van der Waals surface area (Å²) in [5.74, 6) is 1.38. The van der Waals surface area contributed by atoms with Gasteiger partial charge in [-0.3, -0.25) is 14.3 Å². The molecule has 0 spiro atoms. The monoisotopic (exact) mass is 489 g/mol. The maximum Gasteiger partial charge on any atom is 0.230 e. The highest BCUT2D eigenvalue weighted by atomic mass is 32.2. The molecule has 4 aromatic rings. The average molecular weight is 490 g/mol. The number of nitrogens with zero attached hydrogens (tertiary/aromatic N) is 5. The smallest absolute Gasteiger partial charge is 0.230 e. The van der Waals surface area contributed by atoms with Crippen molar-refractivity contribution in [3.8, 4) is 11.4 Å². The number of amides is 1. The number of thioether (sulfide) groups is 1. The zero-order chi connectivity index (χ0) is 24.2. The molecule has 0 radical (unpaired) electrons. The van der Waals surface area contributed by atoms with E-state index in [1.807, 2.05) is 49.6 Å². The van der Waals surface area contributed by atoms with Gasteiger partial charge in [-0.05, 0) is 38.5 Å². The van der Waals surface area contributed by atoms with Gasteiger partial charge in [-0.2, -0.15) is 0 Å². The number of anilines is 2. The maximum atomic E-state index is 12.5. The number of aromatic nitrogens is 4. The third-order valence-electron chi connectivity index (χ3n) is 5.29. The summed E-state index contributed by atoms with van der Waals surface area (Å²) in [6, 6.07) is 14.3. The van der Waals surface area contributed by atoms with Crippen LogP contribution in [-0.2, 0) is 17.1 Å². The minimum atomic E-state index is -0.0611. The zero-order valence-corrected chi connectivity index (χ0v) is 21.4. The van der Waals surface area contributed by atoms with Crippen LogP contribution in [0.15, 0.2) is 65.7 Å². The van der Waals surface area contributed by atoms with Gasteiger partial charge < -0.3 is 0 Å². The SMILES string of the molecule is C=CCn1c(SCc2csc(N(C(C)=O)c3ccc(C)cc3C)n2)nnc1-c1cccc(C)c1. The number of hydrogen-bond acceptors (Lipinski definition) is 6. The second-order valence-electron chi connectivity index (χ2n) is 8.13. The van der Waals surface area contributed by atoms with Crippen LogP contribution < -0.4 is 4.90 Å². The molecule has 34 heavy (non-hydrogen) atoms. The number of benzene rings is 2. The molecule has 0 bridgehead atoms. The second kappa shape index (κ2) is 10.4. The quantitative estimate of drug-likeness (QED) is 0.209. The lowest BCUT2D eigenvalue weighted by molar-refractivity contribution is -0.115. The first-order valence-corrected chi connectivity index (χ1v) is 12.8. The highest BCUT2D eigenvalue weighted by Crippen LogP contribution is 2.33. The Morgan fingerprint density at radius 2 is 1.94 bits per heavy atom. The molecule has 0 aliphatic heterocycles. The molecule has 2 aromatic carbocycles. The Hall–Kier alpha value is -3.23. The largest absolute Gasteiger partial charge is 0.298 e. The number of carbonyl (C=O) groups is 1. The molecule has 0 atom stereocenters. The number of rotatable bonds is 8. The maximum absolute atomic E-state index is 12.5. The van der Waals surface area contributed by atoms with E-state index in [0.29, 0.717) is 17.4 Å². The number of hydrogen-bond donors (Lipinski definition) is 0. The van der Waals surface area contributed by atoms with E-state index in [9.17, 15) is 4.79 Å². The Labute approximate surface area is 208 Å². The van der Waals surface area contributed by atoms with Crippen molar-refractivity contribution in [2.45, 2.75) is 45.1 Å². The molecule has 1 amide bonds. The van der Waals surface area contributed by atoms with E-state index in [1.54, 1.807) is 23.6 Å². The normalized spacial score (nSPS) is 10.9. The lowest BCUT2D eigenvalue weighted by Gasteiger charge is -2.20.